The Kier molecular flexibility index (Phi) is 5.68. The van der Waals surface area contributed by atoms with Crippen molar-refractivity contribution in [2.45, 2.75) is 52.2 Å². The number of benzene rings is 1. The van der Waals surface area contributed by atoms with Gasteiger partial charge in [0.25, 0.3) is 0 Å². The Morgan fingerprint density at radius 1 is 1.29 bits per heavy atom. The molecule has 1 aliphatic carbocycles. The second-order valence-corrected chi connectivity index (χ2v) is 6.44. The van der Waals surface area contributed by atoms with Gasteiger partial charge in [-0.1, -0.05) is 38.3 Å². The molecule has 21 heavy (non-hydrogen) atoms. The van der Waals surface area contributed by atoms with Gasteiger partial charge in [0.2, 0.25) is 0 Å². The second kappa shape index (κ2) is 7.30. The zero-order chi connectivity index (χ0) is 15.4. The summed E-state index contributed by atoms with van der Waals surface area (Å²) in [5.74, 6) is 1.45. The van der Waals surface area contributed by atoms with Gasteiger partial charge in [0, 0.05) is 11.7 Å². The standard InChI is InChI=1S/C16H22ClF2NO/c1-10(2)11-4-3-5-12(8-11)20-13-6-7-15(14(17)9-13)21-16(18)19/h6-7,9-12,16,20H,3-5,8H2,1-2H3. The van der Waals surface area contributed by atoms with Crippen LogP contribution >= 0.6 is 11.6 Å². The van der Waals surface area contributed by atoms with Gasteiger partial charge >= 0.3 is 6.61 Å². The number of hydrogen-bond acceptors (Lipinski definition) is 2. The summed E-state index contributed by atoms with van der Waals surface area (Å²) in [6.07, 6.45) is 4.79. The summed E-state index contributed by atoms with van der Waals surface area (Å²) >= 11 is 5.97. The first-order valence-corrected chi connectivity index (χ1v) is 7.84. The van der Waals surface area contributed by atoms with Crippen molar-refractivity contribution in [3.05, 3.63) is 23.2 Å². The van der Waals surface area contributed by atoms with Gasteiger partial charge in [-0.3, -0.25) is 0 Å². The van der Waals surface area contributed by atoms with Gasteiger partial charge in [0.15, 0.2) is 0 Å². The van der Waals surface area contributed by atoms with Crippen LogP contribution in [0.15, 0.2) is 18.2 Å². The van der Waals surface area contributed by atoms with Gasteiger partial charge < -0.3 is 10.1 Å². The van der Waals surface area contributed by atoms with Crippen molar-refractivity contribution in [1.82, 2.24) is 0 Å². The molecule has 0 heterocycles. The lowest BCUT2D eigenvalue weighted by Crippen LogP contribution is -2.29. The quantitative estimate of drug-likeness (QED) is 0.766. The van der Waals surface area contributed by atoms with Crippen molar-refractivity contribution in [2.24, 2.45) is 11.8 Å². The summed E-state index contributed by atoms with van der Waals surface area (Å²) < 4.78 is 28.7. The lowest BCUT2D eigenvalue weighted by atomic mass is 9.79. The van der Waals surface area contributed by atoms with E-state index < -0.39 is 6.61 Å². The van der Waals surface area contributed by atoms with E-state index in [4.69, 9.17) is 11.6 Å². The summed E-state index contributed by atoms with van der Waals surface area (Å²) in [6.45, 7) is 1.67. The second-order valence-electron chi connectivity index (χ2n) is 6.04. The van der Waals surface area contributed by atoms with E-state index in [1.54, 1.807) is 12.1 Å². The summed E-state index contributed by atoms with van der Waals surface area (Å²) in [5, 5.41) is 3.66. The molecule has 0 radical (unpaired) electrons. The number of ether oxygens (including phenoxy) is 1. The number of halogens is 3. The van der Waals surface area contributed by atoms with E-state index in [9.17, 15) is 8.78 Å². The molecule has 1 fully saturated rings. The molecular weight excluding hydrogens is 296 g/mol. The van der Waals surface area contributed by atoms with E-state index in [0.717, 1.165) is 24.4 Å². The van der Waals surface area contributed by atoms with Crippen molar-refractivity contribution in [1.29, 1.82) is 0 Å². The normalized spacial score (nSPS) is 22.6. The zero-order valence-electron chi connectivity index (χ0n) is 12.4. The first-order chi connectivity index (χ1) is 9.95. The SMILES string of the molecule is CC(C)C1CCCC(Nc2ccc(OC(F)F)c(Cl)c2)C1. The molecule has 118 valence electrons. The van der Waals surface area contributed by atoms with E-state index in [1.165, 1.54) is 18.9 Å². The first kappa shape index (κ1) is 16.3. The highest BCUT2D eigenvalue weighted by Crippen LogP contribution is 2.33. The van der Waals surface area contributed by atoms with Crippen molar-refractivity contribution in [3.63, 3.8) is 0 Å². The minimum Gasteiger partial charge on any atom is -0.433 e. The van der Waals surface area contributed by atoms with E-state index in [-0.39, 0.29) is 10.8 Å². The lowest BCUT2D eigenvalue weighted by molar-refractivity contribution is -0.0497. The van der Waals surface area contributed by atoms with Crippen molar-refractivity contribution in [2.75, 3.05) is 5.32 Å². The van der Waals surface area contributed by atoms with Gasteiger partial charge in [0.05, 0.1) is 5.02 Å². The Hall–Kier alpha value is -1.03. The number of alkyl halides is 2. The maximum absolute atomic E-state index is 12.2. The molecule has 1 N–H and O–H groups in total. The fraction of sp³-hybridized carbons (Fsp3) is 0.625. The lowest BCUT2D eigenvalue weighted by Gasteiger charge is -2.32. The Labute approximate surface area is 129 Å². The van der Waals surface area contributed by atoms with Crippen molar-refractivity contribution < 1.29 is 13.5 Å². The molecule has 0 spiro atoms. The average molecular weight is 318 g/mol. The predicted molar refractivity (Wildman–Crippen MR) is 82.3 cm³/mol. The Balaban J connectivity index is 1.98. The van der Waals surface area contributed by atoms with Crippen LogP contribution in [0.5, 0.6) is 5.75 Å². The average Bonchev–Trinajstić information content (AvgIpc) is 2.42. The predicted octanol–water partition coefficient (Wildman–Crippen LogP) is 5.57. The molecule has 2 rings (SSSR count). The molecule has 0 aliphatic heterocycles. The Morgan fingerprint density at radius 2 is 2.05 bits per heavy atom. The molecule has 5 heteroatoms. The van der Waals surface area contributed by atoms with Crippen LogP contribution in [0.3, 0.4) is 0 Å². The van der Waals surface area contributed by atoms with Crippen LogP contribution in [0.2, 0.25) is 5.02 Å². The number of rotatable bonds is 5. The number of nitrogens with one attached hydrogen (secondary N) is 1. The molecule has 0 amide bonds. The van der Waals surface area contributed by atoms with E-state index in [1.807, 2.05) is 0 Å². The molecule has 2 unspecified atom stereocenters. The highest BCUT2D eigenvalue weighted by atomic mass is 35.5. The van der Waals surface area contributed by atoms with Gasteiger partial charge in [-0.2, -0.15) is 8.78 Å². The fourth-order valence-corrected chi connectivity index (χ4v) is 3.21. The minimum atomic E-state index is -2.86. The van der Waals surface area contributed by atoms with Gasteiger partial charge in [-0.25, -0.2) is 0 Å². The smallest absolute Gasteiger partial charge is 0.387 e. The monoisotopic (exact) mass is 317 g/mol. The first-order valence-electron chi connectivity index (χ1n) is 7.46. The van der Waals surface area contributed by atoms with Crippen LogP contribution in [-0.2, 0) is 0 Å². The van der Waals surface area contributed by atoms with Crippen LogP contribution in [-0.4, -0.2) is 12.7 Å². The van der Waals surface area contributed by atoms with Crippen molar-refractivity contribution in [3.8, 4) is 5.75 Å². The molecule has 1 aromatic carbocycles. The topological polar surface area (TPSA) is 21.3 Å². The zero-order valence-corrected chi connectivity index (χ0v) is 13.2. The Bertz CT molecular complexity index is 468. The minimum absolute atomic E-state index is 0.0147. The van der Waals surface area contributed by atoms with Crippen LogP contribution in [0.4, 0.5) is 14.5 Å². The van der Waals surface area contributed by atoms with Gasteiger partial charge in [-0.15, -0.1) is 0 Å². The molecule has 1 aliphatic rings. The third-order valence-electron chi connectivity index (χ3n) is 4.18. The molecule has 0 bridgehead atoms. The molecular formula is C16H22ClF2NO. The van der Waals surface area contributed by atoms with E-state index >= 15 is 0 Å². The molecule has 2 nitrogen and oxygen atoms in total. The van der Waals surface area contributed by atoms with Crippen LogP contribution in [0.25, 0.3) is 0 Å². The van der Waals surface area contributed by atoms with E-state index in [0.29, 0.717) is 12.0 Å². The van der Waals surface area contributed by atoms with Gasteiger partial charge in [-0.05, 0) is 42.9 Å². The van der Waals surface area contributed by atoms with Crippen LogP contribution < -0.4 is 10.1 Å². The number of hydrogen-bond donors (Lipinski definition) is 1. The number of anilines is 1. The van der Waals surface area contributed by atoms with Crippen LogP contribution in [0, 0.1) is 11.8 Å². The van der Waals surface area contributed by atoms with Crippen molar-refractivity contribution >= 4 is 17.3 Å². The van der Waals surface area contributed by atoms with Gasteiger partial charge in [0.1, 0.15) is 5.75 Å². The molecule has 0 saturated heterocycles. The highest BCUT2D eigenvalue weighted by Gasteiger charge is 2.24. The summed E-state index contributed by atoms with van der Waals surface area (Å²) in [4.78, 5) is 0. The molecule has 1 aromatic rings. The third kappa shape index (κ3) is 4.73. The maximum Gasteiger partial charge on any atom is 0.387 e. The maximum atomic E-state index is 12.2. The summed E-state index contributed by atoms with van der Waals surface area (Å²) in [7, 11) is 0. The largest absolute Gasteiger partial charge is 0.433 e. The summed E-state index contributed by atoms with van der Waals surface area (Å²) in [5.41, 5.74) is 0.857. The highest BCUT2D eigenvalue weighted by molar-refractivity contribution is 6.32. The van der Waals surface area contributed by atoms with E-state index in [2.05, 4.69) is 23.9 Å². The molecule has 1 saturated carbocycles. The third-order valence-corrected chi connectivity index (χ3v) is 4.47. The molecule has 2 atom stereocenters. The molecule has 0 aromatic heterocycles. The summed E-state index contributed by atoms with van der Waals surface area (Å²) in [6, 6.07) is 5.30. The Morgan fingerprint density at radius 3 is 2.67 bits per heavy atom. The van der Waals surface area contributed by atoms with Crippen LogP contribution in [0.1, 0.15) is 39.5 Å². The fourth-order valence-electron chi connectivity index (χ4n) is 2.98.